The maximum absolute atomic E-state index is 12.4. The third kappa shape index (κ3) is 4.93. The van der Waals surface area contributed by atoms with Gasteiger partial charge >= 0.3 is 0 Å². The van der Waals surface area contributed by atoms with Crippen molar-refractivity contribution < 1.29 is 9.53 Å². The van der Waals surface area contributed by atoms with E-state index in [0.717, 1.165) is 31.9 Å². The Morgan fingerprint density at radius 1 is 1.00 bits per heavy atom. The summed E-state index contributed by atoms with van der Waals surface area (Å²) in [7, 11) is 0. The van der Waals surface area contributed by atoms with Crippen LogP contribution in [-0.4, -0.2) is 49.2 Å². The van der Waals surface area contributed by atoms with Gasteiger partial charge in [-0.15, -0.1) is 0 Å². The summed E-state index contributed by atoms with van der Waals surface area (Å²) in [6.45, 7) is 7.67. The predicted molar refractivity (Wildman–Crippen MR) is 105 cm³/mol. The number of morpholine rings is 1. The van der Waals surface area contributed by atoms with Crippen molar-refractivity contribution in [3.8, 4) is 11.1 Å². The zero-order valence-corrected chi connectivity index (χ0v) is 15.7. The second-order valence-electron chi connectivity index (χ2n) is 6.98. The van der Waals surface area contributed by atoms with Gasteiger partial charge in [0.2, 0.25) is 5.91 Å². The molecule has 0 aliphatic carbocycles. The van der Waals surface area contributed by atoms with Crippen molar-refractivity contribution in [3.05, 3.63) is 60.2 Å². The molecule has 2 unspecified atom stereocenters. The van der Waals surface area contributed by atoms with Crippen LogP contribution in [-0.2, 0) is 16.0 Å². The molecule has 0 spiro atoms. The highest BCUT2D eigenvalue weighted by Gasteiger charge is 2.23. The molecule has 1 amide bonds. The lowest BCUT2D eigenvalue weighted by Gasteiger charge is -2.35. The van der Waals surface area contributed by atoms with Crippen LogP contribution in [0, 0.1) is 0 Å². The van der Waals surface area contributed by atoms with Crippen molar-refractivity contribution in [2.24, 2.45) is 0 Å². The molecule has 1 saturated heterocycles. The Balaban J connectivity index is 1.52. The van der Waals surface area contributed by atoms with Gasteiger partial charge in [-0.05, 0) is 30.5 Å². The first-order valence-electron chi connectivity index (χ1n) is 9.39. The second-order valence-corrected chi connectivity index (χ2v) is 6.98. The summed E-state index contributed by atoms with van der Waals surface area (Å²) in [6, 6.07) is 18.9. The van der Waals surface area contributed by atoms with Gasteiger partial charge in [-0.1, -0.05) is 54.6 Å². The number of amides is 1. The van der Waals surface area contributed by atoms with Crippen molar-refractivity contribution in [2.45, 2.75) is 32.4 Å². The van der Waals surface area contributed by atoms with Crippen molar-refractivity contribution in [1.82, 2.24) is 10.2 Å². The monoisotopic (exact) mass is 352 g/mol. The maximum atomic E-state index is 12.4. The lowest BCUT2D eigenvalue weighted by Crippen LogP contribution is -2.52. The number of nitrogens with zero attached hydrogens (tertiary/aromatic N) is 1. The normalized spacial score (nSPS) is 17.5. The number of hydrogen-bond donors (Lipinski definition) is 1. The van der Waals surface area contributed by atoms with Crippen molar-refractivity contribution in [2.75, 3.05) is 26.3 Å². The first-order chi connectivity index (χ1) is 12.6. The minimum atomic E-state index is 0.0741. The van der Waals surface area contributed by atoms with E-state index < -0.39 is 0 Å². The SMILES string of the molecule is CC(NC(=O)Cc1ccc(-c2ccccc2)cc1)C(C)N1CCOCC1. The van der Waals surface area contributed by atoms with Gasteiger partial charge in [-0.3, -0.25) is 9.69 Å². The highest BCUT2D eigenvalue weighted by Crippen LogP contribution is 2.19. The molecule has 1 N–H and O–H groups in total. The number of ether oxygens (including phenoxy) is 1. The highest BCUT2D eigenvalue weighted by molar-refractivity contribution is 5.79. The highest BCUT2D eigenvalue weighted by atomic mass is 16.5. The van der Waals surface area contributed by atoms with Gasteiger partial charge in [0.05, 0.1) is 19.6 Å². The summed E-state index contributed by atoms with van der Waals surface area (Å²) in [5.74, 6) is 0.0741. The Labute approximate surface area is 156 Å². The Bertz CT molecular complexity index is 694. The molecule has 2 atom stereocenters. The standard InChI is InChI=1S/C22H28N2O2/c1-17(18(2)24-12-14-26-15-13-24)23-22(25)16-19-8-10-21(11-9-19)20-6-4-3-5-7-20/h3-11,17-18H,12-16H2,1-2H3,(H,23,25). The second kappa shape index (κ2) is 8.97. The minimum absolute atomic E-state index is 0.0741. The fourth-order valence-corrected chi connectivity index (χ4v) is 3.36. The molecule has 3 rings (SSSR count). The fraction of sp³-hybridized carbons (Fsp3) is 0.409. The first kappa shape index (κ1) is 18.6. The number of hydrogen-bond acceptors (Lipinski definition) is 3. The average molecular weight is 352 g/mol. The summed E-state index contributed by atoms with van der Waals surface area (Å²) in [4.78, 5) is 14.8. The van der Waals surface area contributed by atoms with E-state index in [9.17, 15) is 4.79 Å². The van der Waals surface area contributed by atoms with Crippen molar-refractivity contribution >= 4 is 5.91 Å². The van der Waals surface area contributed by atoms with E-state index >= 15 is 0 Å². The van der Waals surface area contributed by atoms with Crippen LogP contribution in [0.15, 0.2) is 54.6 Å². The van der Waals surface area contributed by atoms with E-state index in [1.165, 1.54) is 11.1 Å². The number of nitrogens with one attached hydrogen (secondary N) is 1. The zero-order valence-electron chi connectivity index (χ0n) is 15.7. The largest absolute Gasteiger partial charge is 0.379 e. The summed E-state index contributed by atoms with van der Waals surface area (Å²) < 4.78 is 5.40. The van der Waals surface area contributed by atoms with E-state index in [1.54, 1.807) is 0 Å². The van der Waals surface area contributed by atoms with E-state index in [4.69, 9.17) is 4.74 Å². The number of carbonyl (C=O) groups is 1. The third-order valence-electron chi connectivity index (χ3n) is 5.16. The molecule has 1 aliphatic heterocycles. The summed E-state index contributed by atoms with van der Waals surface area (Å²) in [5.41, 5.74) is 3.40. The number of carbonyl (C=O) groups excluding carboxylic acids is 1. The quantitative estimate of drug-likeness (QED) is 0.868. The topological polar surface area (TPSA) is 41.6 Å². The number of benzene rings is 2. The summed E-state index contributed by atoms with van der Waals surface area (Å²) in [5, 5.41) is 3.15. The molecule has 2 aromatic carbocycles. The van der Waals surface area contributed by atoms with Crippen LogP contribution in [0.3, 0.4) is 0 Å². The van der Waals surface area contributed by atoms with Crippen LogP contribution in [0.4, 0.5) is 0 Å². The van der Waals surface area contributed by atoms with Crippen LogP contribution in [0.2, 0.25) is 0 Å². The molecule has 2 aromatic rings. The van der Waals surface area contributed by atoms with Crippen molar-refractivity contribution in [3.63, 3.8) is 0 Å². The lowest BCUT2D eigenvalue weighted by atomic mass is 10.0. The molecule has 138 valence electrons. The number of rotatable bonds is 6. The minimum Gasteiger partial charge on any atom is -0.379 e. The van der Waals surface area contributed by atoms with E-state index in [-0.39, 0.29) is 11.9 Å². The lowest BCUT2D eigenvalue weighted by molar-refractivity contribution is -0.121. The Kier molecular flexibility index (Phi) is 6.42. The fourth-order valence-electron chi connectivity index (χ4n) is 3.36. The van der Waals surface area contributed by atoms with Gasteiger partial charge in [0.25, 0.3) is 0 Å². The maximum Gasteiger partial charge on any atom is 0.224 e. The van der Waals surface area contributed by atoms with Crippen LogP contribution < -0.4 is 5.32 Å². The summed E-state index contributed by atoms with van der Waals surface area (Å²) >= 11 is 0. The summed E-state index contributed by atoms with van der Waals surface area (Å²) in [6.07, 6.45) is 0.412. The van der Waals surface area contributed by atoms with Crippen LogP contribution in [0.25, 0.3) is 11.1 Å². The van der Waals surface area contributed by atoms with Crippen LogP contribution in [0.1, 0.15) is 19.4 Å². The molecule has 4 nitrogen and oxygen atoms in total. The predicted octanol–water partition coefficient (Wildman–Crippen LogP) is 3.12. The molecule has 0 bridgehead atoms. The van der Waals surface area contributed by atoms with Crippen molar-refractivity contribution in [1.29, 1.82) is 0 Å². The van der Waals surface area contributed by atoms with Gasteiger partial charge in [0.15, 0.2) is 0 Å². The molecular formula is C22H28N2O2. The smallest absolute Gasteiger partial charge is 0.224 e. The van der Waals surface area contributed by atoms with Gasteiger partial charge in [-0.2, -0.15) is 0 Å². The molecular weight excluding hydrogens is 324 g/mol. The molecule has 1 fully saturated rings. The third-order valence-corrected chi connectivity index (χ3v) is 5.16. The molecule has 1 aliphatic rings. The Morgan fingerprint density at radius 3 is 2.27 bits per heavy atom. The van der Waals surface area contributed by atoms with E-state index in [0.29, 0.717) is 12.5 Å². The van der Waals surface area contributed by atoms with E-state index in [1.807, 2.05) is 30.3 Å². The average Bonchev–Trinajstić information content (AvgIpc) is 2.69. The first-order valence-corrected chi connectivity index (χ1v) is 9.39. The Hall–Kier alpha value is -2.17. The molecule has 26 heavy (non-hydrogen) atoms. The molecule has 1 heterocycles. The zero-order chi connectivity index (χ0) is 18.4. The molecule has 0 aromatic heterocycles. The molecule has 0 radical (unpaired) electrons. The van der Waals surface area contributed by atoms with Crippen LogP contribution >= 0.6 is 0 Å². The van der Waals surface area contributed by atoms with Gasteiger partial charge in [0, 0.05) is 25.2 Å². The van der Waals surface area contributed by atoms with Gasteiger partial charge < -0.3 is 10.1 Å². The van der Waals surface area contributed by atoms with E-state index in [2.05, 4.69) is 48.3 Å². The Morgan fingerprint density at radius 2 is 1.62 bits per heavy atom. The van der Waals surface area contributed by atoms with Gasteiger partial charge in [0.1, 0.15) is 0 Å². The molecule has 4 heteroatoms. The molecule has 0 saturated carbocycles. The van der Waals surface area contributed by atoms with Gasteiger partial charge in [-0.25, -0.2) is 0 Å². The van der Waals surface area contributed by atoms with Crippen LogP contribution in [0.5, 0.6) is 0 Å².